The number of amides is 6. The van der Waals surface area contributed by atoms with Gasteiger partial charge in [-0.2, -0.15) is 0 Å². The molecule has 4 N–H and O–H groups in total. The van der Waals surface area contributed by atoms with E-state index in [1.807, 2.05) is 0 Å². The Kier molecular flexibility index (Phi) is 8.89. The zero-order valence-corrected chi connectivity index (χ0v) is 24.1. The van der Waals surface area contributed by atoms with Crippen molar-refractivity contribution in [1.82, 2.24) is 19.6 Å². The minimum Gasteiger partial charge on any atom is -0.385 e. The van der Waals surface area contributed by atoms with Crippen molar-refractivity contribution in [3.8, 4) is 0 Å². The highest BCUT2D eigenvalue weighted by atomic mass is 16.3. The minimum absolute atomic E-state index is 0.103. The molecule has 4 aliphatic rings. The van der Waals surface area contributed by atoms with Crippen LogP contribution in [0, 0.1) is 0 Å². The Bertz CT molecular complexity index is 871. The molecule has 39 heavy (non-hydrogen) atoms. The lowest BCUT2D eigenvalue weighted by Crippen LogP contribution is -3.14. The summed E-state index contributed by atoms with van der Waals surface area (Å²) in [4.78, 5) is 60.8. The molecule has 0 radical (unpaired) electrons. The van der Waals surface area contributed by atoms with Gasteiger partial charge in [-0.3, -0.25) is 29.2 Å². The van der Waals surface area contributed by atoms with Crippen LogP contribution in [0.2, 0.25) is 0 Å². The highest BCUT2D eigenvalue weighted by Gasteiger charge is 2.57. The molecule has 4 fully saturated rings. The number of piperidine rings is 2. The molecule has 0 aliphatic carbocycles. The molecule has 4 aliphatic heterocycles. The lowest BCUT2D eigenvalue weighted by Gasteiger charge is -2.36. The second kappa shape index (κ2) is 11.7. The molecular weight excluding hydrogens is 504 g/mol. The van der Waals surface area contributed by atoms with Gasteiger partial charge in [-0.25, -0.2) is 9.59 Å². The Labute approximate surface area is 231 Å². The molecule has 0 spiro atoms. The molecule has 2 unspecified atom stereocenters. The van der Waals surface area contributed by atoms with Gasteiger partial charge in [-0.1, -0.05) is 0 Å². The number of hydrogen-bond donors (Lipinski definition) is 4. The maximum absolute atomic E-state index is 13.5. The van der Waals surface area contributed by atoms with Gasteiger partial charge < -0.3 is 20.0 Å². The van der Waals surface area contributed by atoms with Gasteiger partial charge in [-0.05, 0) is 66.2 Å². The van der Waals surface area contributed by atoms with E-state index < -0.39 is 47.2 Å². The molecule has 0 saturated carbocycles. The van der Waals surface area contributed by atoms with Crippen molar-refractivity contribution in [2.24, 2.45) is 0 Å². The van der Waals surface area contributed by atoms with Crippen LogP contribution >= 0.6 is 0 Å². The average Bonchev–Trinajstić information content (AvgIpc) is 3.14. The van der Waals surface area contributed by atoms with Crippen LogP contribution in [-0.2, 0) is 9.59 Å². The molecule has 4 heterocycles. The number of rotatable bonds is 10. The Morgan fingerprint density at radius 3 is 1.31 bits per heavy atom. The third-order valence-corrected chi connectivity index (χ3v) is 9.05. The Morgan fingerprint density at radius 1 is 0.641 bits per heavy atom. The summed E-state index contributed by atoms with van der Waals surface area (Å²) >= 11 is 0. The fourth-order valence-corrected chi connectivity index (χ4v) is 6.50. The predicted octanol–water partition coefficient (Wildman–Crippen LogP) is -2.11. The molecular formula is C27H48N6O6+2. The van der Waals surface area contributed by atoms with Gasteiger partial charge in [0.1, 0.15) is 43.0 Å². The third-order valence-electron chi connectivity index (χ3n) is 9.05. The highest BCUT2D eigenvalue weighted by molar-refractivity contribution is 6.08. The molecule has 0 aromatic carbocycles. The Hall–Kier alpha value is -2.28. The first-order valence-corrected chi connectivity index (χ1v) is 14.6. The number of carbonyl (C=O) groups excluding carboxylic acids is 4. The molecule has 0 aromatic heterocycles. The maximum atomic E-state index is 13.5. The van der Waals surface area contributed by atoms with Crippen molar-refractivity contribution in [3.63, 3.8) is 0 Å². The monoisotopic (exact) mass is 552 g/mol. The summed E-state index contributed by atoms with van der Waals surface area (Å²) in [7, 11) is 0. The summed E-state index contributed by atoms with van der Waals surface area (Å²) in [6.45, 7) is 10.9. The number of imide groups is 2. The van der Waals surface area contributed by atoms with E-state index in [-0.39, 0.29) is 19.8 Å². The number of carbonyl (C=O) groups is 4. The maximum Gasteiger partial charge on any atom is 0.329 e. The van der Waals surface area contributed by atoms with Gasteiger partial charge >= 0.3 is 12.1 Å². The molecule has 0 bridgehead atoms. The summed E-state index contributed by atoms with van der Waals surface area (Å²) < 4.78 is 0. The normalized spacial score (nSPS) is 26.2. The summed E-state index contributed by atoms with van der Waals surface area (Å²) in [6, 6.07) is -1.16. The smallest absolute Gasteiger partial charge is 0.329 e. The van der Waals surface area contributed by atoms with Crippen LogP contribution in [0.15, 0.2) is 0 Å². The minimum atomic E-state index is -1.25. The van der Waals surface area contributed by atoms with Crippen LogP contribution < -0.4 is 9.80 Å². The van der Waals surface area contributed by atoms with Crippen molar-refractivity contribution in [2.45, 2.75) is 89.5 Å². The summed E-state index contributed by atoms with van der Waals surface area (Å²) in [5.41, 5.74) is -2.50. The number of nitrogens with zero attached hydrogens (tertiary/aromatic N) is 4. The molecule has 4 saturated heterocycles. The van der Waals surface area contributed by atoms with Gasteiger partial charge in [-0.15, -0.1) is 0 Å². The van der Waals surface area contributed by atoms with Crippen molar-refractivity contribution in [3.05, 3.63) is 0 Å². The fraction of sp³-hybridized carbons (Fsp3) is 0.852. The van der Waals surface area contributed by atoms with Crippen LogP contribution in [-0.4, -0.2) is 136 Å². The number of nitrogens with one attached hydrogen (secondary N) is 2. The first-order chi connectivity index (χ1) is 18.3. The number of urea groups is 2. The highest BCUT2D eigenvalue weighted by Crippen LogP contribution is 2.33. The van der Waals surface area contributed by atoms with Crippen molar-refractivity contribution in [1.29, 1.82) is 0 Å². The van der Waals surface area contributed by atoms with E-state index in [0.717, 1.165) is 61.7 Å². The zero-order chi connectivity index (χ0) is 28.5. The third kappa shape index (κ3) is 6.08. The van der Waals surface area contributed by atoms with E-state index in [1.54, 1.807) is 27.7 Å². The van der Waals surface area contributed by atoms with E-state index in [4.69, 9.17) is 0 Å². The van der Waals surface area contributed by atoms with Crippen molar-refractivity contribution >= 4 is 23.9 Å². The van der Waals surface area contributed by atoms with Crippen LogP contribution in [0.3, 0.4) is 0 Å². The summed E-state index contributed by atoms with van der Waals surface area (Å²) in [5.74, 6) is -0.875. The van der Waals surface area contributed by atoms with Gasteiger partial charge in [0, 0.05) is 0 Å². The van der Waals surface area contributed by atoms with Crippen LogP contribution in [0.5, 0.6) is 0 Å². The van der Waals surface area contributed by atoms with E-state index in [1.165, 1.54) is 32.4 Å². The summed E-state index contributed by atoms with van der Waals surface area (Å²) in [6.07, 6.45) is 5.13. The number of β-amino-alcohol motifs (C(OH)–C–C–N with tert-alkyl or cyclic N) is 2. The average molecular weight is 553 g/mol. The molecule has 6 amide bonds. The molecule has 12 nitrogen and oxygen atoms in total. The zero-order valence-electron chi connectivity index (χ0n) is 24.1. The van der Waals surface area contributed by atoms with Crippen LogP contribution in [0.4, 0.5) is 9.59 Å². The van der Waals surface area contributed by atoms with Gasteiger partial charge in [0.2, 0.25) is 0 Å². The number of quaternary nitrogens is 2. The second-order valence-corrected chi connectivity index (χ2v) is 12.8. The van der Waals surface area contributed by atoms with Gasteiger partial charge in [0.15, 0.2) is 0 Å². The van der Waals surface area contributed by atoms with E-state index in [9.17, 15) is 29.4 Å². The first kappa shape index (κ1) is 29.7. The van der Waals surface area contributed by atoms with Gasteiger partial charge in [0.25, 0.3) is 11.8 Å². The number of aliphatic hydroxyl groups is 2. The van der Waals surface area contributed by atoms with E-state index >= 15 is 0 Å². The lowest BCUT2D eigenvalue weighted by molar-refractivity contribution is -0.907. The molecule has 0 aromatic rings. The Morgan fingerprint density at radius 2 is 0.974 bits per heavy atom. The number of aliphatic hydroxyl groups excluding tert-OH is 2. The topological polar surface area (TPSA) is 131 Å². The lowest BCUT2D eigenvalue weighted by atomic mass is 10.0. The largest absolute Gasteiger partial charge is 0.385 e. The molecule has 4 rings (SSSR count). The van der Waals surface area contributed by atoms with E-state index in [2.05, 4.69) is 0 Å². The molecule has 2 atom stereocenters. The fourth-order valence-electron chi connectivity index (χ4n) is 6.50. The second-order valence-electron chi connectivity index (χ2n) is 12.8. The molecule has 220 valence electrons. The summed E-state index contributed by atoms with van der Waals surface area (Å²) in [5, 5.41) is 21.4. The SMILES string of the molecule is CC1(C)C(=O)N(CC(O)C[NH+]2CCCCC2)C(=O)N1CN1C(=O)N(CC(O)C[NH+]2CCCCC2)C(=O)C1(C)C. The Balaban J connectivity index is 1.41. The van der Waals surface area contributed by atoms with E-state index in [0.29, 0.717) is 13.1 Å². The van der Waals surface area contributed by atoms with Crippen molar-refractivity contribution in [2.75, 3.05) is 59.0 Å². The molecule has 12 heteroatoms. The number of likely N-dealkylation sites (tertiary alicyclic amines) is 2. The number of hydrogen-bond acceptors (Lipinski definition) is 6. The van der Waals surface area contributed by atoms with Crippen LogP contribution in [0.1, 0.15) is 66.2 Å². The van der Waals surface area contributed by atoms with Gasteiger partial charge in [0.05, 0.1) is 39.3 Å². The predicted molar refractivity (Wildman–Crippen MR) is 142 cm³/mol. The standard InChI is InChI=1S/C27H46N6O6/c1-26(2)22(36)30(17-20(34)15-28-11-7-5-8-12-28)24(38)32(26)19-33-25(39)31(23(37)27(33,3)4)18-21(35)16-29-13-9-6-10-14-29/h20-21,34-35H,5-19H2,1-4H3/p+2. The quantitative estimate of drug-likeness (QED) is 0.230. The first-order valence-electron chi connectivity index (χ1n) is 14.6. The van der Waals surface area contributed by atoms with Crippen LogP contribution in [0.25, 0.3) is 0 Å². The van der Waals surface area contributed by atoms with Crippen molar-refractivity contribution < 1.29 is 39.2 Å².